The zero-order valence-corrected chi connectivity index (χ0v) is 16.3. The predicted molar refractivity (Wildman–Crippen MR) is 104 cm³/mol. The number of carbonyl (C=O) groups excluding carboxylic acids is 2. The quantitative estimate of drug-likeness (QED) is 0.592. The van der Waals surface area contributed by atoms with Crippen LogP contribution in [-0.4, -0.2) is 38.7 Å². The molecule has 0 amide bonds. The Bertz CT molecular complexity index is 1040. The zero-order valence-electron chi connectivity index (χ0n) is 15.5. The molecule has 0 bridgehead atoms. The van der Waals surface area contributed by atoms with Crippen LogP contribution in [0.3, 0.4) is 0 Å². The van der Waals surface area contributed by atoms with Gasteiger partial charge in [-0.25, -0.2) is 8.42 Å². The first-order valence-corrected chi connectivity index (χ1v) is 10.2. The molecule has 146 valence electrons. The maximum atomic E-state index is 12.3. The van der Waals surface area contributed by atoms with Crippen LogP contribution in [-0.2, 0) is 19.6 Å². The summed E-state index contributed by atoms with van der Waals surface area (Å²) in [4.78, 5) is 28.6. The van der Waals surface area contributed by atoms with Crippen molar-refractivity contribution in [2.24, 2.45) is 4.99 Å². The second-order valence-corrected chi connectivity index (χ2v) is 8.10. The van der Waals surface area contributed by atoms with Crippen molar-refractivity contribution in [1.82, 2.24) is 4.72 Å². The van der Waals surface area contributed by atoms with Gasteiger partial charge in [-0.15, -0.1) is 0 Å². The van der Waals surface area contributed by atoms with Crippen molar-refractivity contribution in [3.8, 4) is 0 Å². The third-order valence-electron chi connectivity index (χ3n) is 4.26. The number of esters is 1. The van der Waals surface area contributed by atoms with Crippen LogP contribution in [0, 0.1) is 6.92 Å². The predicted octanol–water partition coefficient (Wildman–Crippen LogP) is 2.24. The number of fused-ring (bicyclic) bond motifs is 1. The molecular weight excluding hydrogens is 380 g/mol. The summed E-state index contributed by atoms with van der Waals surface area (Å²) in [7, 11) is -3.61. The number of benzene rings is 2. The average Bonchev–Trinajstić information content (AvgIpc) is 2.92. The molecular formula is C20H20N2O5S. The molecule has 1 aliphatic rings. The van der Waals surface area contributed by atoms with Crippen molar-refractivity contribution in [2.75, 3.05) is 6.54 Å². The first-order chi connectivity index (χ1) is 13.3. The molecule has 1 N–H and O–H groups in total. The number of carbonyl (C=O) groups is 2. The van der Waals surface area contributed by atoms with E-state index in [1.54, 1.807) is 30.3 Å². The van der Waals surface area contributed by atoms with E-state index >= 15 is 0 Å². The highest BCUT2D eigenvalue weighted by molar-refractivity contribution is 7.90. The van der Waals surface area contributed by atoms with Gasteiger partial charge in [0.15, 0.2) is 6.10 Å². The van der Waals surface area contributed by atoms with E-state index in [4.69, 9.17) is 4.74 Å². The molecule has 0 spiro atoms. The van der Waals surface area contributed by atoms with Gasteiger partial charge in [-0.1, -0.05) is 42.0 Å². The number of amidine groups is 1. The lowest BCUT2D eigenvalue weighted by molar-refractivity contribution is -0.146. The van der Waals surface area contributed by atoms with Gasteiger partial charge in [0.1, 0.15) is 5.84 Å². The van der Waals surface area contributed by atoms with Crippen molar-refractivity contribution in [3.63, 3.8) is 0 Å². The molecule has 0 fully saturated rings. The van der Waals surface area contributed by atoms with Crippen LogP contribution in [0.25, 0.3) is 0 Å². The van der Waals surface area contributed by atoms with Gasteiger partial charge in [0.05, 0.1) is 17.9 Å². The molecule has 28 heavy (non-hydrogen) atoms. The van der Waals surface area contributed by atoms with Crippen LogP contribution < -0.4 is 4.72 Å². The van der Waals surface area contributed by atoms with E-state index in [0.29, 0.717) is 11.1 Å². The first-order valence-electron chi connectivity index (χ1n) is 8.75. The van der Waals surface area contributed by atoms with Crippen LogP contribution in [0.2, 0.25) is 0 Å². The number of nitrogens with zero attached hydrogens (tertiary/aromatic N) is 1. The number of aliphatic imine (C=N–C) groups is 1. The number of sulfonamides is 1. The number of ether oxygens (including phenoxy) is 1. The lowest BCUT2D eigenvalue weighted by Gasteiger charge is -2.12. The summed E-state index contributed by atoms with van der Waals surface area (Å²) >= 11 is 0. The normalized spacial score (nSPS) is 16.9. The van der Waals surface area contributed by atoms with Gasteiger partial charge in [0.2, 0.25) is 5.78 Å². The van der Waals surface area contributed by atoms with E-state index in [9.17, 15) is 18.0 Å². The molecule has 7 nitrogen and oxygen atoms in total. The standard InChI is InChI=1S/C20H20N2O5S/c1-13-7-9-15(10-8-13)19(24)14(2)27-18(23)11-12-21-20-16-5-3-4-6-17(16)28(25,26)22-20/h3-10,14H,11-12H2,1-2H3,(H,21,22)/t14-/m0/s1. The van der Waals surface area contributed by atoms with Gasteiger partial charge in [0, 0.05) is 11.1 Å². The van der Waals surface area contributed by atoms with Crippen LogP contribution in [0.1, 0.15) is 34.8 Å². The minimum absolute atomic E-state index is 0.0382. The van der Waals surface area contributed by atoms with Gasteiger partial charge >= 0.3 is 5.97 Å². The van der Waals surface area contributed by atoms with Crippen molar-refractivity contribution in [3.05, 3.63) is 65.2 Å². The smallest absolute Gasteiger partial charge is 0.308 e. The molecule has 1 atom stereocenters. The summed E-state index contributed by atoms with van der Waals surface area (Å²) in [5.41, 5.74) is 1.98. The number of rotatable bonds is 6. The molecule has 2 aromatic rings. The van der Waals surface area contributed by atoms with Gasteiger partial charge in [0.25, 0.3) is 10.0 Å². The molecule has 0 unspecified atom stereocenters. The van der Waals surface area contributed by atoms with Gasteiger partial charge in [-0.3, -0.25) is 19.3 Å². The van der Waals surface area contributed by atoms with Crippen molar-refractivity contribution in [1.29, 1.82) is 0 Å². The van der Waals surface area contributed by atoms with E-state index in [1.807, 2.05) is 19.1 Å². The highest BCUT2D eigenvalue weighted by atomic mass is 32.2. The van der Waals surface area contributed by atoms with Crippen molar-refractivity contribution >= 4 is 27.6 Å². The van der Waals surface area contributed by atoms with Crippen LogP contribution in [0.4, 0.5) is 0 Å². The molecule has 0 aliphatic carbocycles. The Kier molecular flexibility index (Phi) is 5.60. The van der Waals surface area contributed by atoms with E-state index in [1.165, 1.54) is 13.0 Å². The topological polar surface area (TPSA) is 102 Å². The second kappa shape index (κ2) is 7.93. The SMILES string of the molecule is Cc1ccc(C(=O)[C@H](C)OC(=O)CCN=C2NS(=O)(=O)c3ccccc32)cc1. The minimum Gasteiger partial charge on any atom is -0.454 e. The Morgan fingerprint density at radius 2 is 1.79 bits per heavy atom. The summed E-state index contributed by atoms with van der Waals surface area (Å²) in [6.07, 6.45) is -0.979. The first kappa shape index (κ1) is 19.8. The zero-order chi connectivity index (χ0) is 20.3. The minimum atomic E-state index is -3.61. The monoisotopic (exact) mass is 400 g/mol. The van der Waals surface area contributed by atoms with Gasteiger partial charge < -0.3 is 4.74 Å². The molecule has 0 aromatic heterocycles. The molecule has 0 saturated heterocycles. The fourth-order valence-corrected chi connectivity index (χ4v) is 4.02. The van der Waals surface area contributed by atoms with E-state index in [2.05, 4.69) is 9.71 Å². The molecule has 8 heteroatoms. The molecule has 2 aromatic carbocycles. The summed E-state index contributed by atoms with van der Waals surface area (Å²) in [6.45, 7) is 3.48. The van der Waals surface area contributed by atoms with E-state index in [-0.39, 0.29) is 29.5 Å². The summed E-state index contributed by atoms with van der Waals surface area (Å²) in [5.74, 6) is -0.657. The molecule has 1 aliphatic heterocycles. The van der Waals surface area contributed by atoms with E-state index in [0.717, 1.165) is 5.56 Å². The Balaban J connectivity index is 1.57. The fraction of sp³-hybridized carbons (Fsp3) is 0.250. The van der Waals surface area contributed by atoms with Crippen molar-refractivity contribution < 1.29 is 22.7 Å². The highest BCUT2D eigenvalue weighted by Gasteiger charge is 2.30. The number of nitrogens with one attached hydrogen (secondary N) is 1. The molecule has 3 rings (SSSR count). The average molecular weight is 400 g/mol. The van der Waals surface area contributed by atoms with Gasteiger partial charge in [-0.05, 0) is 26.0 Å². The van der Waals surface area contributed by atoms with E-state index < -0.39 is 22.1 Å². The Hall–Kier alpha value is -3.00. The number of aryl methyl sites for hydroxylation is 1. The van der Waals surface area contributed by atoms with Crippen LogP contribution in [0.5, 0.6) is 0 Å². The summed E-state index contributed by atoms with van der Waals surface area (Å²) in [6, 6.07) is 13.5. The third-order valence-corrected chi connectivity index (χ3v) is 5.66. The largest absolute Gasteiger partial charge is 0.454 e. The maximum Gasteiger partial charge on any atom is 0.308 e. The summed E-state index contributed by atoms with van der Waals surface area (Å²) in [5, 5.41) is 0. The number of hydrogen-bond acceptors (Lipinski definition) is 6. The Morgan fingerprint density at radius 1 is 1.11 bits per heavy atom. The Labute approximate surface area is 163 Å². The second-order valence-electron chi connectivity index (χ2n) is 6.44. The molecule has 0 radical (unpaired) electrons. The Morgan fingerprint density at radius 3 is 2.50 bits per heavy atom. The fourth-order valence-electron chi connectivity index (χ4n) is 2.77. The lowest BCUT2D eigenvalue weighted by atomic mass is 10.1. The molecule has 0 saturated carbocycles. The molecule has 1 heterocycles. The maximum absolute atomic E-state index is 12.3. The van der Waals surface area contributed by atoms with Crippen molar-refractivity contribution in [2.45, 2.75) is 31.3 Å². The number of hydrogen-bond donors (Lipinski definition) is 1. The summed E-state index contributed by atoms with van der Waals surface area (Å²) < 4.78 is 31.6. The lowest BCUT2D eigenvalue weighted by Crippen LogP contribution is -2.25. The number of ketones is 1. The number of Topliss-reactive ketones (excluding diaryl/α,β-unsaturated/α-hetero) is 1. The van der Waals surface area contributed by atoms with Crippen LogP contribution >= 0.6 is 0 Å². The highest BCUT2D eigenvalue weighted by Crippen LogP contribution is 2.22. The van der Waals surface area contributed by atoms with Crippen LogP contribution in [0.15, 0.2) is 58.4 Å². The van der Waals surface area contributed by atoms with Gasteiger partial charge in [-0.2, -0.15) is 0 Å². The third kappa shape index (κ3) is 4.28.